The molecule has 3 rings (SSSR count). The Labute approximate surface area is 119 Å². The average molecular weight is 281 g/mol. The van der Waals surface area contributed by atoms with Crippen molar-refractivity contribution in [2.75, 3.05) is 5.32 Å². The van der Waals surface area contributed by atoms with Crippen LogP contribution in [0.25, 0.3) is 5.69 Å². The first-order valence-electron chi connectivity index (χ1n) is 6.17. The summed E-state index contributed by atoms with van der Waals surface area (Å²) < 4.78 is 1.41. The lowest BCUT2D eigenvalue weighted by atomic mass is 10.1. The number of amides is 1. The third-order valence-electron chi connectivity index (χ3n) is 2.85. The van der Waals surface area contributed by atoms with Gasteiger partial charge in [0.2, 0.25) is 0 Å². The van der Waals surface area contributed by atoms with Crippen molar-refractivity contribution >= 4 is 11.6 Å². The fourth-order valence-corrected chi connectivity index (χ4v) is 1.92. The third kappa shape index (κ3) is 2.71. The number of hydrogen-bond acceptors (Lipinski definition) is 5. The fourth-order valence-electron chi connectivity index (χ4n) is 1.92. The Morgan fingerprint density at radius 1 is 1.14 bits per heavy atom. The van der Waals surface area contributed by atoms with E-state index in [4.69, 9.17) is 0 Å². The van der Waals surface area contributed by atoms with Gasteiger partial charge in [-0.2, -0.15) is 4.68 Å². The maximum absolute atomic E-state index is 12.4. The molecule has 0 aliphatic carbocycles. The van der Waals surface area contributed by atoms with E-state index in [1.54, 1.807) is 36.4 Å². The van der Waals surface area contributed by atoms with E-state index >= 15 is 0 Å². The van der Waals surface area contributed by atoms with E-state index in [-0.39, 0.29) is 11.7 Å². The highest BCUT2D eigenvalue weighted by molar-refractivity contribution is 6.06. The van der Waals surface area contributed by atoms with Crippen LogP contribution < -0.4 is 5.32 Å². The second kappa shape index (κ2) is 5.41. The molecule has 0 aliphatic rings. The van der Waals surface area contributed by atoms with Crippen molar-refractivity contribution in [3.05, 3.63) is 60.4 Å². The summed E-state index contributed by atoms with van der Waals surface area (Å²) in [5.74, 6) is -0.228. The highest BCUT2D eigenvalue weighted by Gasteiger charge is 2.13. The van der Waals surface area contributed by atoms with Crippen LogP contribution in [-0.2, 0) is 0 Å². The number of tetrazole rings is 1. The smallest absolute Gasteiger partial charge is 0.257 e. The molecular weight excluding hydrogens is 270 g/mol. The Bertz CT molecular complexity index is 771. The highest BCUT2D eigenvalue weighted by atomic mass is 16.3. The molecule has 7 nitrogen and oxygen atoms in total. The molecule has 21 heavy (non-hydrogen) atoms. The van der Waals surface area contributed by atoms with Gasteiger partial charge in [0, 0.05) is 11.8 Å². The Kier molecular flexibility index (Phi) is 3.30. The summed E-state index contributed by atoms with van der Waals surface area (Å²) in [6, 6.07) is 13.3. The van der Waals surface area contributed by atoms with Crippen LogP contribution in [0.15, 0.2) is 54.9 Å². The molecule has 0 saturated heterocycles. The van der Waals surface area contributed by atoms with Crippen LogP contribution in [0, 0.1) is 0 Å². The first-order valence-corrected chi connectivity index (χ1v) is 6.17. The van der Waals surface area contributed by atoms with E-state index in [1.807, 2.05) is 0 Å². The molecule has 1 amide bonds. The number of nitrogens with one attached hydrogen (secondary N) is 1. The van der Waals surface area contributed by atoms with Crippen LogP contribution in [0.1, 0.15) is 10.4 Å². The zero-order valence-corrected chi connectivity index (χ0v) is 10.8. The standard InChI is InChI=1S/C14H11N5O2/c20-11-5-3-4-10(8-11)16-14(21)12-6-1-2-7-13(12)19-9-15-17-18-19/h1-9,20H,(H,16,21). The van der Waals surface area contributed by atoms with Gasteiger partial charge in [0.1, 0.15) is 12.1 Å². The van der Waals surface area contributed by atoms with Gasteiger partial charge in [-0.3, -0.25) is 4.79 Å². The van der Waals surface area contributed by atoms with Crippen molar-refractivity contribution < 1.29 is 9.90 Å². The number of aromatic hydroxyl groups is 1. The molecule has 0 saturated carbocycles. The lowest BCUT2D eigenvalue weighted by molar-refractivity contribution is 0.102. The first kappa shape index (κ1) is 12.8. The van der Waals surface area contributed by atoms with E-state index < -0.39 is 0 Å². The summed E-state index contributed by atoms with van der Waals surface area (Å²) >= 11 is 0. The van der Waals surface area contributed by atoms with Crippen molar-refractivity contribution in [3.8, 4) is 11.4 Å². The van der Waals surface area contributed by atoms with Gasteiger partial charge < -0.3 is 10.4 Å². The molecule has 0 aliphatic heterocycles. The number of benzene rings is 2. The maximum atomic E-state index is 12.4. The van der Waals surface area contributed by atoms with Gasteiger partial charge in [-0.05, 0) is 34.7 Å². The van der Waals surface area contributed by atoms with Crippen molar-refractivity contribution in [2.24, 2.45) is 0 Å². The molecule has 3 aromatic rings. The predicted molar refractivity (Wildman–Crippen MR) is 75.2 cm³/mol. The van der Waals surface area contributed by atoms with Gasteiger partial charge in [-0.25, -0.2) is 0 Å². The number of phenols is 1. The largest absolute Gasteiger partial charge is 0.508 e. The number of aromatic nitrogens is 4. The molecule has 7 heteroatoms. The topological polar surface area (TPSA) is 92.9 Å². The van der Waals surface area contributed by atoms with Crippen LogP contribution in [0.2, 0.25) is 0 Å². The van der Waals surface area contributed by atoms with Gasteiger partial charge in [0.05, 0.1) is 11.3 Å². The lowest BCUT2D eigenvalue weighted by Gasteiger charge is -2.09. The number of anilines is 1. The van der Waals surface area contributed by atoms with Crippen LogP contribution in [0.3, 0.4) is 0 Å². The van der Waals surface area contributed by atoms with Gasteiger partial charge >= 0.3 is 0 Å². The van der Waals surface area contributed by atoms with E-state index in [9.17, 15) is 9.90 Å². The molecule has 2 aromatic carbocycles. The van der Waals surface area contributed by atoms with Gasteiger partial charge in [-0.1, -0.05) is 18.2 Å². The summed E-state index contributed by atoms with van der Waals surface area (Å²) in [5.41, 5.74) is 1.50. The summed E-state index contributed by atoms with van der Waals surface area (Å²) in [6.45, 7) is 0. The van der Waals surface area contributed by atoms with Crippen LogP contribution in [0.4, 0.5) is 5.69 Å². The highest BCUT2D eigenvalue weighted by Crippen LogP contribution is 2.18. The summed E-state index contributed by atoms with van der Waals surface area (Å²) in [7, 11) is 0. The molecule has 0 fully saturated rings. The van der Waals surface area contributed by atoms with E-state index in [0.717, 1.165) is 0 Å². The van der Waals surface area contributed by atoms with Crippen LogP contribution in [-0.4, -0.2) is 31.2 Å². The molecule has 0 spiro atoms. The van der Waals surface area contributed by atoms with Crippen molar-refractivity contribution in [2.45, 2.75) is 0 Å². The van der Waals surface area contributed by atoms with E-state index in [2.05, 4.69) is 20.8 Å². The monoisotopic (exact) mass is 281 g/mol. The summed E-state index contributed by atoms with van der Waals surface area (Å²) in [5, 5.41) is 23.1. The minimum atomic E-state index is -0.313. The molecular formula is C14H11N5O2. The normalized spacial score (nSPS) is 10.3. The number of rotatable bonds is 3. The fraction of sp³-hybridized carbons (Fsp3) is 0. The SMILES string of the molecule is O=C(Nc1cccc(O)c1)c1ccccc1-n1cnnn1. The number of para-hydroxylation sites is 1. The second-order valence-corrected chi connectivity index (χ2v) is 4.28. The quantitative estimate of drug-likeness (QED) is 0.761. The van der Waals surface area contributed by atoms with Crippen LogP contribution in [0.5, 0.6) is 5.75 Å². The summed E-state index contributed by atoms with van der Waals surface area (Å²) in [6.07, 6.45) is 1.42. The molecule has 0 atom stereocenters. The van der Waals surface area contributed by atoms with E-state index in [0.29, 0.717) is 16.9 Å². The van der Waals surface area contributed by atoms with Crippen LogP contribution >= 0.6 is 0 Å². The van der Waals surface area contributed by atoms with Crippen molar-refractivity contribution in [1.82, 2.24) is 20.2 Å². The Morgan fingerprint density at radius 2 is 2.00 bits per heavy atom. The zero-order chi connectivity index (χ0) is 14.7. The maximum Gasteiger partial charge on any atom is 0.257 e. The number of phenolic OH excluding ortho intramolecular Hbond substituents is 1. The number of nitrogens with zero attached hydrogens (tertiary/aromatic N) is 4. The minimum Gasteiger partial charge on any atom is -0.508 e. The third-order valence-corrected chi connectivity index (χ3v) is 2.85. The van der Waals surface area contributed by atoms with Gasteiger partial charge in [-0.15, -0.1) is 5.10 Å². The Morgan fingerprint density at radius 3 is 2.76 bits per heavy atom. The molecule has 104 valence electrons. The predicted octanol–water partition coefficient (Wildman–Crippen LogP) is 1.62. The minimum absolute atomic E-state index is 0.0848. The Hall–Kier alpha value is -3.22. The molecule has 1 aromatic heterocycles. The first-order chi connectivity index (χ1) is 10.2. The number of carbonyl (C=O) groups excluding carboxylic acids is 1. The average Bonchev–Trinajstić information content (AvgIpc) is 3.01. The number of carbonyl (C=O) groups is 1. The molecule has 1 heterocycles. The molecule has 0 bridgehead atoms. The zero-order valence-electron chi connectivity index (χ0n) is 10.8. The second-order valence-electron chi connectivity index (χ2n) is 4.28. The van der Waals surface area contributed by atoms with Gasteiger partial charge in [0.15, 0.2) is 0 Å². The van der Waals surface area contributed by atoms with Crippen molar-refractivity contribution in [1.29, 1.82) is 0 Å². The number of hydrogen-bond donors (Lipinski definition) is 2. The molecule has 2 N–H and O–H groups in total. The van der Waals surface area contributed by atoms with Gasteiger partial charge in [0.25, 0.3) is 5.91 Å². The lowest BCUT2D eigenvalue weighted by Crippen LogP contribution is -2.15. The van der Waals surface area contributed by atoms with E-state index in [1.165, 1.54) is 23.1 Å². The molecule has 0 unspecified atom stereocenters. The Balaban J connectivity index is 1.92. The molecule has 0 radical (unpaired) electrons. The summed E-state index contributed by atoms with van der Waals surface area (Å²) in [4.78, 5) is 12.4. The van der Waals surface area contributed by atoms with Crippen molar-refractivity contribution in [3.63, 3.8) is 0 Å².